The van der Waals surface area contributed by atoms with Crippen molar-refractivity contribution >= 4 is 23.4 Å². The molecule has 0 saturated carbocycles. The highest BCUT2D eigenvalue weighted by Gasteiger charge is 2.14. The van der Waals surface area contributed by atoms with Crippen LogP contribution in [0.4, 0.5) is 5.69 Å². The van der Waals surface area contributed by atoms with Crippen LogP contribution in [0.25, 0.3) is 0 Å². The second kappa shape index (κ2) is 5.92. The zero-order chi connectivity index (χ0) is 14.7. The summed E-state index contributed by atoms with van der Waals surface area (Å²) < 4.78 is 0. The molecule has 0 unspecified atom stereocenters. The first-order chi connectivity index (χ1) is 9.47. The van der Waals surface area contributed by atoms with E-state index in [1.165, 1.54) is 11.8 Å². The monoisotopic (exact) mass is 289 g/mol. The van der Waals surface area contributed by atoms with Crippen molar-refractivity contribution in [2.24, 2.45) is 0 Å². The van der Waals surface area contributed by atoms with Crippen molar-refractivity contribution in [2.45, 2.75) is 24.8 Å². The molecule has 2 rings (SSSR count). The molecule has 0 saturated heterocycles. The standard InChI is InChI=1S/C14H15N3O2S/c1-8-6-9(2)17-14(16-8)20-7-10-4-3-5-11(15)12(10)13(18)19/h3-6H,7,15H2,1-2H3,(H,18,19). The Kier molecular flexibility index (Phi) is 4.24. The Bertz CT molecular complexity index is 639. The fourth-order valence-electron chi connectivity index (χ4n) is 1.90. The molecule has 1 aromatic carbocycles. The van der Waals surface area contributed by atoms with Crippen molar-refractivity contribution in [2.75, 3.05) is 5.73 Å². The lowest BCUT2D eigenvalue weighted by atomic mass is 10.1. The van der Waals surface area contributed by atoms with Gasteiger partial charge in [-0.3, -0.25) is 0 Å². The molecule has 6 heteroatoms. The summed E-state index contributed by atoms with van der Waals surface area (Å²) in [6.07, 6.45) is 0. The van der Waals surface area contributed by atoms with Crippen LogP contribution in [0.2, 0.25) is 0 Å². The fraction of sp³-hybridized carbons (Fsp3) is 0.214. The maximum atomic E-state index is 11.2. The van der Waals surface area contributed by atoms with Crippen LogP contribution in [0.1, 0.15) is 27.3 Å². The third-order valence-electron chi connectivity index (χ3n) is 2.72. The Morgan fingerprint density at radius 1 is 1.30 bits per heavy atom. The number of nitrogens with zero attached hydrogens (tertiary/aromatic N) is 2. The van der Waals surface area contributed by atoms with E-state index in [0.717, 1.165) is 11.4 Å². The maximum absolute atomic E-state index is 11.2. The van der Waals surface area contributed by atoms with Crippen molar-refractivity contribution in [1.82, 2.24) is 9.97 Å². The van der Waals surface area contributed by atoms with Crippen LogP contribution >= 0.6 is 11.8 Å². The minimum Gasteiger partial charge on any atom is -0.478 e. The number of aromatic nitrogens is 2. The van der Waals surface area contributed by atoms with Gasteiger partial charge in [0, 0.05) is 22.8 Å². The van der Waals surface area contributed by atoms with E-state index in [-0.39, 0.29) is 11.3 Å². The van der Waals surface area contributed by atoms with Crippen molar-refractivity contribution in [3.05, 3.63) is 46.8 Å². The number of nitrogen functional groups attached to an aromatic ring is 1. The number of carbonyl (C=O) groups is 1. The van der Waals surface area contributed by atoms with Crippen LogP contribution < -0.4 is 5.73 Å². The summed E-state index contributed by atoms with van der Waals surface area (Å²) in [4.78, 5) is 19.9. The van der Waals surface area contributed by atoms with Gasteiger partial charge in [0.15, 0.2) is 5.16 Å². The molecule has 0 spiro atoms. The number of nitrogens with two attached hydrogens (primary N) is 1. The van der Waals surface area contributed by atoms with Gasteiger partial charge < -0.3 is 10.8 Å². The van der Waals surface area contributed by atoms with Gasteiger partial charge in [-0.25, -0.2) is 14.8 Å². The van der Waals surface area contributed by atoms with E-state index in [2.05, 4.69) is 9.97 Å². The van der Waals surface area contributed by atoms with Gasteiger partial charge in [0.2, 0.25) is 0 Å². The van der Waals surface area contributed by atoms with Crippen molar-refractivity contribution in [1.29, 1.82) is 0 Å². The third-order valence-corrected chi connectivity index (χ3v) is 3.61. The van der Waals surface area contributed by atoms with E-state index in [1.807, 2.05) is 19.9 Å². The molecular weight excluding hydrogens is 274 g/mol. The number of hydrogen-bond donors (Lipinski definition) is 2. The van der Waals surface area contributed by atoms with Gasteiger partial charge in [0.05, 0.1) is 5.56 Å². The second-order valence-electron chi connectivity index (χ2n) is 4.41. The lowest BCUT2D eigenvalue weighted by molar-refractivity contribution is 0.0697. The molecule has 3 N–H and O–H groups in total. The van der Waals surface area contributed by atoms with Gasteiger partial charge in [-0.2, -0.15) is 0 Å². The van der Waals surface area contributed by atoms with E-state index in [0.29, 0.717) is 16.5 Å². The Morgan fingerprint density at radius 2 is 1.95 bits per heavy atom. The highest BCUT2D eigenvalue weighted by molar-refractivity contribution is 7.98. The van der Waals surface area contributed by atoms with Crippen LogP contribution in [-0.4, -0.2) is 21.0 Å². The maximum Gasteiger partial charge on any atom is 0.338 e. The van der Waals surface area contributed by atoms with Crippen LogP contribution in [0.5, 0.6) is 0 Å². The number of thioether (sulfide) groups is 1. The summed E-state index contributed by atoms with van der Waals surface area (Å²) in [5.41, 5.74) is 8.61. The quantitative estimate of drug-likeness (QED) is 0.511. The van der Waals surface area contributed by atoms with E-state index in [9.17, 15) is 9.90 Å². The first kappa shape index (κ1) is 14.3. The van der Waals surface area contributed by atoms with Crippen LogP contribution in [-0.2, 0) is 5.75 Å². The zero-order valence-corrected chi connectivity index (χ0v) is 12.1. The first-order valence-corrected chi connectivity index (χ1v) is 7.01. The lowest BCUT2D eigenvalue weighted by Crippen LogP contribution is -2.06. The van der Waals surface area contributed by atoms with Gasteiger partial charge in [-0.1, -0.05) is 23.9 Å². The van der Waals surface area contributed by atoms with E-state index < -0.39 is 5.97 Å². The molecule has 0 aliphatic rings. The van der Waals surface area contributed by atoms with E-state index in [1.54, 1.807) is 18.2 Å². The topological polar surface area (TPSA) is 89.1 Å². The van der Waals surface area contributed by atoms with Gasteiger partial charge in [-0.15, -0.1) is 0 Å². The molecule has 5 nitrogen and oxygen atoms in total. The summed E-state index contributed by atoms with van der Waals surface area (Å²) in [5.74, 6) is -0.546. The molecule has 0 aliphatic carbocycles. The number of aromatic carboxylic acids is 1. The third kappa shape index (κ3) is 3.27. The summed E-state index contributed by atoms with van der Waals surface area (Å²) >= 11 is 1.40. The van der Waals surface area contributed by atoms with E-state index >= 15 is 0 Å². The van der Waals surface area contributed by atoms with Crippen LogP contribution in [0.3, 0.4) is 0 Å². The van der Waals surface area contributed by atoms with Gasteiger partial charge in [-0.05, 0) is 31.5 Å². The molecule has 20 heavy (non-hydrogen) atoms. The normalized spacial score (nSPS) is 10.5. The summed E-state index contributed by atoms with van der Waals surface area (Å²) in [6.45, 7) is 3.81. The van der Waals surface area contributed by atoms with Crippen molar-refractivity contribution in [3.8, 4) is 0 Å². The smallest absolute Gasteiger partial charge is 0.338 e. The number of anilines is 1. The largest absolute Gasteiger partial charge is 0.478 e. The molecule has 0 fully saturated rings. The molecular formula is C14H15N3O2S. The summed E-state index contributed by atoms with van der Waals surface area (Å²) in [7, 11) is 0. The second-order valence-corrected chi connectivity index (χ2v) is 5.35. The molecule has 0 amide bonds. The Hall–Kier alpha value is -2.08. The molecule has 0 aliphatic heterocycles. The van der Waals surface area contributed by atoms with E-state index in [4.69, 9.17) is 5.73 Å². The zero-order valence-electron chi connectivity index (χ0n) is 11.3. The number of carboxylic acids is 1. The summed E-state index contributed by atoms with van der Waals surface area (Å²) in [5, 5.41) is 9.85. The van der Waals surface area contributed by atoms with Crippen LogP contribution in [0, 0.1) is 13.8 Å². The molecule has 104 valence electrons. The Morgan fingerprint density at radius 3 is 2.55 bits per heavy atom. The average molecular weight is 289 g/mol. The van der Waals surface area contributed by atoms with Gasteiger partial charge in [0.1, 0.15) is 0 Å². The van der Waals surface area contributed by atoms with Crippen LogP contribution in [0.15, 0.2) is 29.4 Å². The Balaban J connectivity index is 2.23. The highest BCUT2D eigenvalue weighted by atomic mass is 32.2. The number of carboxylic acid groups (broad SMARTS) is 1. The predicted molar refractivity (Wildman–Crippen MR) is 78.9 cm³/mol. The molecule has 0 atom stereocenters. The number of aryl methyl sites for hydroxylation is 2. The highest BCUT2D eigenvalue weighted by Crippen LogP contribution is 2.25. The number of hydrogen-bond acceptors (Lipinski definition) is 5. The molecule has 0 bridgehead atoms. The SMILES string of the molecule is Cc1cc(C)nc(SCc2cccc(N)c2C(=O)O)n1. The molecule has 0 radical (unpaired) electrons. The molecule has 1 aromatic heterocycles. The predicted octanol–water partition coefficient (Wildman–Crippen LogP) is 2.67. The Labute approximate surface area is 121 Å². The molecule has 2 aromatic rings. The lowest BCUT2D eigenvalue weighted by Gasteiger charge is -2.08. The fourth-order valence-corrected chi connectivity index (χ4v) is 2.84. The van der Waals surface area contributed by atoms with Gasteiger partial charge in [0.25, 0.3) is 0 Å². The minimum atomic E-state index is -1.01. The van der Waals surface area contributed by atoms with Gasteiger partial charge >= 0.3 is 5.97 Å². The molecule has 1 heterocycles. The number of benzene rings is 1. The van der Waals surface area contributed by atoms with Crippen molar-refractivity contribution in [3.63, 3.8) is 0 Å². The number of rotatable bonds is 4. The first-order valence-electron chi connectivity index (χ1n) is 6.03. The van der Waals surface area contributed by atoms with Crippen molar-refractivity contribution < 1.29 is 9.90 Å². The minimum absolute atomic E-state index is 0.157. The summed E-state index contributed by atoms with van der Waals surface area (Å²) in [6, 6.07) is 6.99. The average Bonchev–Trinajstić information content (AvgIpc) is 2.34.